The first kappa shape index (κ1) is 37.3. The fourth-order valence-electron chi connectivity index (χ4n) is 9.41. The Balaban J connectivity index is 1.48. The van der Waals surface area contributed by atoms with Crippen LogP contribution in [0.4, 0.5) is 11.4 Å². The summed E-state index contributed by atoms with van der Waals surface area (Å²) in [6.45, 7) is 25.1. The third-order valence-corrected chi connectivity index (χ3v) is 12.3. The first-order valence-electron chi connectivity index (χ1n) is 20.4. The average molecular weight is 730 g/mol. The molecule has 1 aliphatic heterocycles. The van der Waals surface area contributed by atoms with Gasteiger partial charge in [0.2, 0.25) is 0 Å². The van der Waals surface area contributed by atoms with Gasteiger partial charge in [0.25, 0.3) is 0 Å². The highest BCUT2D eigenvalue weighted by Crippen LogP contribution is 2.52. The van der Waals surface area contributed by atoms with Crippen LogP contribution < -0.4 is 5.32 Å². The monoisotopic (exact) mass is 729 g/mol. The molecule has 0 aliphatic carbocycles. The van der Waals surface area contributed by atoms with Crippen LogP contribution in [0.15, 0.2) is 115 Å². The van der Waals surface area contributed by atoms with Gasteiger partial charge in [-0.15, -0.1) is 0 Å². The Morgan fingerprint density at radius 1 is 0.339 bits per heavy atom. The third-order valence-electron chi connectivity index (χ3n) is 12.3. The number of aryl methyl sites for hydroxylation is 6. The van der Waals surface area contributed by atoms with E-state index < -0.39 is 0 Å². The van der Waals surface area contributed by atoms with Gasteiger partial charge in [-0.3, -0.25) is 0 Å². The standard InChI is InChI=1S/C55H55N/c1-31(2)42-24-35(7)52(36(8)25-42)40-21-20-34(6)46(28-40)55-39(11)54(44-17-13-12-16-33(44)5)48-30-49(55)47-29-41(53-37(9)26-43(32(3)4)27-38(53)10)22-23-51(47)56-50-19-15-14-18-45(48)50/h12-32,56H,1-11H3. The summed E-state index contributed by atoms with van der Waals surface area (Å²) in [5, 5.41) is 3.96. The number of para-hydroxylation sites is 1. The zero-order valence-corrected chi connectivity index (χ0v) is 35.1. The van der Waals surface area contributed by atoms with Crippen molar-refractivity contribution < 1.29 is 0 Å². The van der Waals surface area contributed by atoms with Crippen molar-refractivity contribution in [2.24, 2.45) is 0 Å². The second kappa shape index (κ2) is 14.4. The van der Waals surface area contributed by atoms with Crippen LogP contribution in [0.5, 0.6) is 0 Å². The van der Waals surface area contributed by atoms with Crippen LogP contribution in [0.25, 0.3) is 66.8 Å². The van der Waals surface area contributed by atoms with E-state index in [1.165, 1.54) is 117 Å². The van der Waals surface area contributed by atoms with Gasteiger partial charge in [0, 0.05) is 22.5 Å². The van der Waals surface area contributed by atoms with Crippen LogP contribution in [0, 0.1) is 48.5 Å². The predicted octanol–water partition coefficient (Wildman–Crippen LogP) is 16.2. The first-order chi connectivity index (χ1) is 26.8. The summed E-state index contributed by atoms with van der Waals surface area (Å²) in [4.78, 5) is 0. The van der Waals surface area contributed by atoms with Gasteiger partial charge in [-0.05, 0) is 196 Å². The van der Waals surface area contributed by atoms with Crippen molar-refractivity contribution >= 4 is 11.4 Å². The second-order valence-electron chi connectivity index (χ2n) is 17.0. The molecule has 0 saturated heterocycles. The molecule has 0 amide bonds. The van der Waals surface area contributed by atoms with E-state index in [2.05, 4.69) is 197 Å². The number of fused-ring (bicyclic) bond motifs is 6. The summed E-state index contributed by atoms with van der Waals surface area (Å²) in [7, 11) is 0. The van der Waals surface area contributed by atoms with Crippen molar-refractivity contribution in [3.05, 3.63) is 165 Å². The molecular weight excluding hydrogens is 675 g/mol. The highest BCUT2D eigenvalue weighted by atomic mass is 14.9. The molecule has 0 fully saturated rings. The molecule has 0 saturated carbocycles. The van der Waals surface area contributed by atoms with Gasteiger partial charge in [-0.1, -0.05) is 113 Å². The van der Waals surface area contributed by atoms with Crippen LogP contribution in [0.2, 0.25) is 0 Å². The quantitative estimate of drug-likeness (QED) is 0.180. The molecule has 0 spiro atoms. The molecule has 56 heavy (non-hydrogen) atoms. The molecule has 1 nitrogen and oxygen atoms in total. The molecule has 0 atom stereocenters. The summed E-state index contributed by atoms with van der Waals surface area (Å²) < 4.78 is 0. The van der Waals surface area contributed by atoms with Gasteiger partial charge in [-0.2, -0.15) is 0 Å². The normalized spacial score (nSPS) is 11.9. The molecule has 7 aromatic carbocycles. The number of nitrogens with one attached hydrogen (secondary N) is 1. The highest BCUT2D eigenvalue weighted by molar-refractivity contribution is 6.06. The predicted molar refractivity (Wildman–Crippen MR) is 244 cm³/mol. The summed E-state index contributed by atoms with van der Waals surface area (Å²) in [5.74, 6) is 0.971. The highest BCUT2D eigenvalue weighted by Gasteiger charge is 2.27. The van der Waals surface area contributed by atoms with E-state index in [1.807, 2.05) is 0 Å². The maximum absolute atomic E-state index is 3.96. The molecule has 1 heterocycles. The summed E-state index contributed by atoms with van der Waals surface area (Å²) in [6.07, 6.45) is 0. The Labute approximate surface area is 335 Å². The van der Waals surface area contributed by atoms with E-state index in [-0.39, 0.29) is 0 Å². The first-order valence-corrected chi connectivity index (χ1v) is 20.4. The van der Waals surface area contributed by atoms with Gasteiger partial charge < -0.3 is 5.32 Å². The lowest BCUT2D eigenvalue weighted by atomic mass is 9.78. The Hall–Kier alpha value is -5.66. The minimum absolute atomic E-state index is 0.483. The Morgan fingerprint density at radius 3 is 1.36 bits per heavy atom. The van der Waals surface area contributed by atoms with E-state index in [0.717, 1.165) is 11.4 Å². The molecular formula is C55H55N. The number of anilines is 2. The number of benzene rings is 7. The summed E-state index contributed by atoms with van der Waals surface area (Å²) in [6, 6.07) is 44.0. The van der Waals surface area contributed by atoms with E-state index in [1.54, 1.807) is 0 Å². The molecule has 1 N–H and O–H groups in total. The van der Waals surface area contributed by atoms with E-state index >= 15 is 0 Å². The van der Waals surface area contributed by atoms with Crippen LogP contribution in [0.3, 0.4) is 0 Å². The minimum atomic E-state index is 0.483. The Morgan fingerprint density at radius 2 is 0.786 bits per heavy atom. The van der Waals surface area contributed by atoms with Crippen LogP contribution in [0.1, 0.15) is 89.6 Å². The van der Waals surface area contributed by atoms with Crippen molar-refractivity contribution in [3.63, 3.8) is 0 Å². The largest absolute Gasteiger partial charge is 0.355 e. The summed E-state index contributed by atoms with van der Waals surface area (Å²) >= 11 is 0. The zero-order valence-electron chi connectivity index (χ0n) is 35.1. The molecule has 1 heteroatoms. The molecule has 280 valence electrons. The van der Waals surface area contributed by atoms with Gasteiger partial charge in [0.1, 0.15) is 0 Å². The van der Waals surface area contributed by atoms with Crippen molar-refractivity contribution in [2.45, 2.75) is 88.0 Å². The van der Waals surface area contributed by atoms with Gasteiger partial charge in [-0.25, -0.2) is 0 Å². The third kappa shape index (κ3) is 6.38. The van der Waals surface area contributed by atoms with Crippen LogP contribution in [-0.4, -0.2) is 0 Å². The molecule has 0 aromatic heterocycles. The van der Waals surface area contributed by atoms with E-state index in [4.69, 9.17) is 0 Å². The number of hydrogen-bond donors (Lipinski definition) is 1. The molecule has 2 bridgehead atoms. The lowest BCUT2D eigenvalue weighted by Crippen LogP contribution is -2.05. The molecule has 7 aromatic rings. The zero-order chi connectivity index (χ0) is 39.6. The minimum Gasteiger partial charge on any atom is -0.355 e. The fourth-order valence-corrected chi connectivity index (χ4v) is 9.41. The lowest BCUT2D eigenvalue weighted by molar-refractivity contribution is 0.863. The topological polar surface area (TPSA) is 12.0 Å². The van der Waals surface area contributed by atoms with Gasteiger partial charge >= 0.3 is 0 Å². The fraction of sp³-hybridized carbons (Fsp3) is 0.236. The van der Waals surface area contributed by atoms with Gasteiger partial charge in [0.05, 0.1) is 0 Å². The van der Waals surface area contributed by atoms with Crippen molar-refractivity contribution in [3.8, 4) is 66.8 Å². The van der Waals surface area contributed by atoms with Crippen molar-refractivity contribution in [1.29, 1.82) is 0 Å². The molecule has 0 unspecified atom stereocenters. The van der Waals surface area contributed by atoms with E-state index in [0.29, 0.717) is 11.8 Å². The average Bonchev–Trinajstić information content (AvgIpc) is 3.15. The molecule has 0 radical (unpaired) electrons. The van der Waals surface area contributed by atoms with Crippen LogP contribution in [-0.2, 0) is 0 Å². The smallest absolute Gasteiger partial charge is 0.0464 e. The van der Waals surface area contributed by atoms with Crippen molar-refractivity contribution in [2.75, 3.05) is 5.32 Å². The Kier molecular flexibility index (Phi) is 9.61. The summed E-state index contributed by atoms with van der Waals surface area (Å²) in [5.41, 5.74) is 29.5. The van der Waals surface area contributed by atoms with E-state index in [9.17, 15) is 0 Å². The lowest BCUT2D eigenvalue weighted by Gasteiger charge is -2.29. The maximum atomic E-state index is 3.96. The maximum Gasteiger partial charge on any atom is 0.0464 e. The van der Waals surface area contributed by atoms with Gasteiger partial charge in [0.15, 0.2) is 0 Å². The van der Waals surface area contributed by atoms with Crippen LogP contribution >= 0.6 is 0 Å². The molecule has 1 aliphatic rings. The second-order valence-corrected chi connectivity index (χ2v) is 17.0. The SMILES string of the molecule is Cc1ccccc1-c1c2cc(c(-c3cc(-c4c(C)cc(C(C)C)cc4C)ccc3C)c1C)-c1cc(-c3c(C)cc(C(C)C)cc3C)ccc1Nc1ccccc1-2. The number of hydrogen-bond acceptors (Lipinski definition) is 1. The number of rotatable bonds is 6. The van der Waals surface area contributed by atoms with Crippen molar-refractivity contribution in [1.82, 2.24) is 0 Å². The Bertz CT molecular complexity index is 2640. The molecule has 8 rings (SSSR count).